The van der Waals surface area contributed by atoms with Crippen molar-refractivity contribution in [2.75, 3.05) is 13.1 Å². The molecule has 0 aliphatic carbocycles. The number of nitrogens with zero attached hydrogens (tertiary/aromatic N) is 1. The van der Waals surface area contributed by atoms with Crippen LogP contribution in [0.5, 0.6) is 0 Å². The molecule has 2 aliphatic rings. The molecule has 0 radical (unpaired) electrons. The topological polar surface area (TPSA) is 32.3 Å². The lowest BCUT2D eigenvalue weighted by Gasteiger charge is -2.32. The second-order valence-corrected chi connectivity index (χ2v) is 6.25. The number of nitrogens with one attached hydrogen (secondary N) is 1. The lowest BCUT2D eigenvalue weighted by molar-refractivity contribution is -0.128. The number of amides is 1. The number of fused-ring (bicyclic) bond motifs is 1. The summed E-state index contributed by atoms with van der Waals surface area (Å²) in [5.41, 5.74) is 2.78. The first kappa shape index (κ1) is 13.1. The molecule has 0 saturated carbocycles. The van der Waals surface area contributed by atoms with Crippen molar-refractivity contribution in [2.45, 2.75) is 38.3 Å². The second kappa shape index (κ2) is 5.63. The Morgan fingerprint density at radius 3 is 3.05 bits per heavy atom. The molecule has 2 aliphatic heterocycles. The normalized spacial score (nSPS) is 24.5. The van der Waals surface area contributed by atoms with Crippen molar-refractivity contribution in [3.63, 3.8) is 0 Å². The maximum atomic E-state index is 12.0. The molecule has 0 spiro atoms. The highest BCUT2D eigenvalue weighted by Crippen LogP contribution is 2.27. The van der Waals surface area contributed by atoms with Crippen LogP contribution in [0, 0.1) is 0 Å². The van der Waals surface area contributed by atoms with Crippen molar-refractivity contribution in [1.29, 1.82) is 0 Å². The van der Waals surface area contributed by atoms with Gasteiger partial charge in [0.2, 0.25) is 5.91 Å². The van der Waals surface area contributed by atoms with Crippen molar-refractivity contribution in [2.24, 2.45) is 0 Å². The molecule has 0 aromatic heterocycles. The van der Waals surface area contributed by atoms with Crippen LogP contribution < -0.4 is 5.32 Å². The monoisotopic (exact) mass is 322 g/mol. The molecule has 1 unspecified atom stereocenters. The SMILES string of the molecule is O=C1NCCCC1N1CCCc2c(Br)cccc2C1. The number of rotatable bonds is 1. The minimum atomic E-state index is 0.0682. The maximum Gasteiger partial charge on any atom is 0.237 e. The Bertz CT molecular complexity index is 489. The summed E-state index contributed by atoms with van der Waals surface area (Å²) in [6.45, 7) is 2.75. The average molecular weight is 323 g/mol. The van der Waals surface area contributed by atoms with Gasteiger partial charge in [0.1, 0.15) is 0 Å². The van der Waals surface area contributed by atoms with E-state index >= 15 is 0 Å². The van der Waals surface area contributed by atoms with Crippen LogP contribution in [0.25, 0.3) is 0 Å². The summed E-state index contributed by atoms with van der Waals surface area (Å²) in [5, 5.41) is 3.00. The maximum absolute atomic E-state index is 12.0. The Balaban J connectivity index is 1.83. The van der Waals surface area contributed by atoms with Gasteiger partial charge in [-0.1, -0.05) is 28.1 Å². The van der Waals surface area contributed by atoms with Crippen LogP contribution in [0.1, 0.15) is 30.4 Å². The molecule has 3 rings (SSSR count). The number of carbonyl (C=O) groups is 1. The van der Waals surface area contributed by atoms with E-state index in [0.717, 1.165) is 45.3 Å². The fourth-order valence-corrected chi connectivity index (χ4v) is 3.76. The molecule has 0 bridgehead atoms. The van der Waals surface area contributed by atoms with Gasteiger partial charge in [0.25, 0.3) is 0 Å². The number of hydrogen-bond acceptors (Lipinski definition) is 2. The van der Waals surface area contributed by atoms with E-state index in [-0.39, 0.29) is 11.9 Å². The molecule has 4 heteroatoms. The third-order valence-corrected chi connectivity index (χ3v) is 4.90. The third-order valence-electron chi connectivity index (χ3n) is 4.16. The van der Waals surface area contributed by atoms with E-state index < -0.39 is 0 Å². The van der Waals surface area contributed by atoms with Crippen molar-refractivity contribution >= 4 is 21.8 Å². The van der Waals surface area contributed by atoms with Crippen LogP contribution in [0.15, 0.2) is 22.7 Å². The Morgan fingerprint density at radius 2 is 2.21 bits per heavy atom. The minimum Gasteiger partial charge on any atom is -0.355 e. The van der Waals surface area contributed by atoms with E-state index in [1.54, 1.807) is 0 Å². The van der Waals surface area contributed by atoms with Gasteiger partial charge in [0, 0.05) is 17.6 Å². The molecule has 1 fully saturated rings. The zero-order valence-corrected chi connectivity index (χ0v) is 12.6. The fourth-order valence-electron chi connectivity index (χ4n) is 3.16. The Kier molecular flexibility index (Phi) is 3.89. The number of benzene rings is 1. The lowest BCUT2D eigenvalue weighted by atomic mass is 10.0. The predicted octanol–water partition coefficient (Wildman–Crippen LogP) is 2.48. The van der Waals surface area contributed by atoms with Gasteiger partial charge in [-0.05, 0) is 49.4 Å². The first-order chi connectivity index (χ1) is 9.25. The van der Waals surface area contributed by atoms with E-state index in [9.17, 15) is 4.79 Å². The molecule has 3 nitrogen and oxygen atoms in total. The van der Waals surface area contributed by atoms with Crippen molar-refractivity contribution in [3.8, 4) is 0 Å². The van der Waals surface area contributed by atoms with Gasteiger partial charge < -0.3 is 5.32 Å². The molecule has 102 valence electrons. The highest BCUT2D eigenvalue weighted by molar-refractivity contribution is 9.10. The smallest absolute Gasteiger partial charge is 0.237 e. The molecule has 1 amide bonds. The Morgan fingerprint density at radius 1 is 1.32 bits per heavy atom. The molecule has 2 heterocycles. The van der Waals surface area contributed by atoms with Gasteiger partial charge in [-0.3, -0.25) is 9.69 Å². The quantitative estimate of drug-likeness (QED) is 0.861. The van der Waals surface area contributed by atoms with Crippen molar-refractivity contribution < 1.29 is 4.79 Å². The summed E-state index contributed by atoms with van der Waals surface area (Å²) in [5.74, 6) is 0.213. The van der Waals surface area contributed by atoms with E-state index in [1.165, 1.54) is 15.6 Å². The number of carbonyl (C=O) groups excluding carboxylic acids is 1. The molecule has 19 heavy (non-hydrogen) atoms. The highest BCUT2D eigenvalue weighted by atomic mass is 79.9. The first-order valence-electron chi connectivity index (χ1n) is 7.04. The largest absolute Gasteiger partial charge is 0.355 e. The van der Waals surface area contributed by atoms with Gasteiger partial charge in [-0.15, -0.1) is 0 Å². The van der Waals surface area contributed by atoms with Crippen LogP contribution in [-0.2, 0) is 17.8 Å². The van der Waals surface area contributed by atoms with E-state index in [1.807, 2.05) is 0 Å². The molecule has 1 saturated heterocycles. The minimum absolute atomic E-state index is 0.0682. The summed E-state index contributed by atoms with van der Waals surface area (Å²) in [6.07, 6.45) is 4.31. The van der Waals surface area contributed by atoms with Crippen molar-refractivity contribution in [1.82, 2.24) is 10.2 Å². The molecule has 1 aromatic carbocycles. The predicted molar refractivity (Wildman–Crippen MR) is 78.9 cm³/mol. The van der Waals surface area contributed by atoms with Gasteiger partial charge >= 0.3 is 0 Å². The molecular formula is C15H19BrN2O. The van der Waals surface area contributed by atoms with Crippen LogP contribution >= 0.6 is 15.9 Å². The van der Waals surface area contributed by atoms with Crippen LogP contribution in [0.3, 0.4) is 0 Å². The summed E-state index contributed by atoms with van der Waals surface area (Å²) >= 11 is 3.65. The zero-order valence-electron chi connectivity index (χ0n) is 11.0. The fraction of sp³-hybridized carbons (Fsp3) is 0.533. The van der Waals surface area contributed by atoms with Crippen molar-refractivity contribution in [3.05, 3.63) is 33.8 Å². The average Bonchev–Trinajstić information content (AvgIpc) is 2.62. The third kappa shape index (κ3) is 2.70. The standard InChI is InChI=1S/C15H19BrN2O/c16-13-6-1-4-11-10-18(9-3-5-12(11)13)14-7-2-8-17-15(14)19/h1,4,6,14H,2-3,5,7-10H2,(H,17,19). The van der Waals surface area contributed by atoms with E-state index in [4.69, 9.17) is 0 Å². The number of hydrogen-bond donors (Lipinski definition) is 1. The van der Waals surface area contributed by atoms with Crippen LogP contribution in [0.2, 0.25) is 0 Å². The molecule has 1 N–H and O–H groups in total. The highest BCUT2D eigenvalue weighted by Gasteiger charge is 2.29. The Labute approximate surface area is 122 Å². The lowest BCUT2D eigenvalue weighted by Crippen LogP contribution is -2.50. The Hall–Kier alpha value is -0.870. The van der Waals surface area contributed by atoms with E-state index in [2.05, 4.69) is 44.3 Å². The van der Waals surface area contributed by atoms with Crippen LogP contribution in [-0.4, -0.2) is 29.9 Å². The van der Waals surface area contributed by atoms with Gasteiger partial charge in [0.05, 0.1) is 6.04 Å². The van der Waals surface area contributed by atoms with Crippen LogP contribution in [0.4, 0.5) is 0 Å². The molecule has 1 atom stereocenters. The number of halogens is 1. The number of piperidine rings is 1. The first-order valence-corrected chi connectivity index (χ1v) is 7.83. The molecule has 1 aromatic rings. The van der Waals surface area contributed by atoms with Gasteiger partial charge in [-0.25, -0.2) is 0 Å². The summed E-state index contributed by atoms with van der Waals surface area (Å²) in [4.78, 5) is 14.4. The molecular weight excluding hydrogens is 304 g/mol. The summed E-state index contributed by atoms with van der Waals surface area (Å²) < 4.78 is 1.21. The summed E-state index contributed by atoms with van der Waals surface area (Å²) in [6, 6.07) is 6.47. The second-order valence-electron chi connectivity index (χ2n) is 5.40. The van der Waals surface area contributed by atoms with Gasteiger partial charge in [0.15, 0.2) is 0 Å². The van der Waals surface area contributed by atoms with Gasteiger partial charge in [-0.2, -0.15) is 0 Å². The summed E-state index contributed by atoms with van der Waals surface area (Å²) in [7, 11) is 0. The zero-order chi connectivity index (χ0) is 13.2. The van der Waals surface area contributed by atoms with E-state index in [0.29, 0.717) is 0 Å².